The highest BCUT2D eigenvalue weighted by Crippen LogP contribution is 2.14. The van der Waals surface area contributed by atoms with Gasteiger partial charge in [-0.1, -0.05) is 5.16 Å². The molecule has 1 aromatic heterocycles. The molecule has 1 saturated heterocycles. The van der Waals surface area contributed by atoms with E-state index in [0.717, 1.165) is 63.9 Å². The van der Waals surface area contributed by atoms with Crippen LogP contribution in [0.3, 0.4) is 0 Å². The third kappa shape index (κ3) is 8.52. The molecule has 2 rings (SSSR count). The third-order valence-corrected chi connectivity index (χ3v) is 3.60. The maximum Gasteiger partial charge on any atom is 0.191 e. The van der Waals surface area contributed by atoms with Gasteiger partial charge in [0.25, 0.3) is 0 Å². The van der Waals surface area contributed by atoms with E-state index < -0.39 is 0 Å². The highest BCUT2D eigenvalue weighted by molar-refractivity contribution is 14.0. The van der Waals surface area contributed by atoms with Crippen LogP contribution < -0.4 is 10.6 Å². The Balaban J connectivity index is 0.00000264. The van der Waals surface area contributed by atoms with Crippen LogP contribution in [0.5, 0.6) is 0 Å². The van der Waals surface area contributed by atoms with Crippen LogP contribution in [0, 0.1) is 5.92 Å². The molecule has 0 radical (unpaired) electrons. The van der Waals surface area contributed by atoms with Gasteiger partial charge in [0.05, 0.1) is 6.54 Å². The summed E-state index contributed by atoms with van der Waals surface area (Å²) in [7, 11) is 1.75. The number of nitrogens with one attached hydrogen (secondary N) is 2. The first kappa shape index (κ1) is 20.2. The van der Waals surface area contributed by atoms with Crippen molar-refractivity contribution < 1.29 is 14.0 Å². The topological polar surface area (TPSA) is 80.9 Å². The number of ether oxygens (including phenoxy) is 2. The SMILES string of the molecule is CN=C(NCCCOCC1CCOCC1)NCc1ccon1.I. The molecule has 1 aliphatic rings. The Morgan fingerprint density at radius 3 is 2.91 bits per heavy atom. The predicted molar refractivity (Wildman–Crippen MR) is 99.1 cm³/mol. The first-order chi connectivity index (χ1) is 10.9. The molecule has 0 amide bonds. The van der Waals surface area contributed by atoms with E-state index in [0.29, 0.717) is 12.5 Å². The van der Waals surface area contributed by atoms with Gasteiger partial charge in [-0.2, -0.15) is 0 Å². The van der Waals surface area contributed by atoms with Crippen molar-refractivity contribution in [1.82, 2.24) is 15.8 Å². The summed E-state index contributed by atoms with van der Waals surface area (Å²) in [5.41, 5.74) is 0.850. The van der Waals surface area contributed by atoms with Crippen molar-refractivity contribution in [2.24, 2.45) is 10.9 Å². The van der Waals surface area contributed by atoms with Crippen LogP contribution in [-0.4, -0.2) is 51.1 Å². The van der Waals surface area contributed by atoms with Crippen molar-refractivity contribution in [2.75, 3.05) is 40.0 Å². The van der Waals surface area contributed by atoms with Gasteiger partial charge in [0.2, 0.25) is 0 Å². The summed E-state index contributed by atoms with van der Waals surface area (Å²) in [6.07, 6.45) is 4.75. The molecular formula is C15H27IN4O3. The van der Waals surface area contributed by atoms with E-state index in [9.17, 15) is 0 Å². The fourth-order valence-corrected chi connectivity index (χ4v) is 2.27. The Morgan fingerprint density at radius 1 is 1.39 bits per heavy atom. The number of nitrogens with zero attached hydrogens (tertiary/aromatic N) is 2. The maximum atomic E-state index is 5.73. The van der Waals surface area contributed by atoms with E-state index in [1.54, 1.807) is 13.3 Å². The Kier molecular flexibility index (Phi) is 11.0. The summed E-state index contributed by atoms with van der Waals surface area (Å²) in [5.74, 6) is 1.42. The van der Waals surface area contributed by atoms with Crippen LogP contribution >= 0.6 is 24.0 Å². The molecular weight excluding hydrogens is 411 g/mol. The quantitative estimate of drug-likeness (QED) is 0.279. The van der Waals surface area contributed by atoms with Crippen LogP contribution in [0.15, 0.2) is 21.8 Å². The average molecular weight is 438 g/mol. The molecule has 1 aromatic rings. The van der Waals surface area contributed by atoms with Gasteiger partial charge in [0.15, 0.2) is 5.96 Å². The van der Waals surface area contributed by atoms with Gasteiger partial charge in [-0.15, -0.1) is 24.0 Å². The van der Waals surface area contributed by atoms with E-state index in [4.69, 9.17) is 14.0 Å². The van der Waals surface area contributed by atoms with Crippen LogP contribution in [0.2, 0.25) is 0 Å². The van der Waals surface area contributed by atoms with E-state index in [2.05, 4.69) is 20.8 Å². The number of guanidine groups is 1. The molecule has 0 saturated carbocycles. The third-order valence-electron chi connectivity index (χ3n) is 3.60. The number of hydrogen-bond acceptors (Lipinski definition) is 5. The molecule has 0 aromatic carbocycles. The zero-order chi connectivity index (χ0) is 15.5. The summed E-state index contributed by atoms with van der Waals surface area (Å²) in [4.78, 5) is 4.16. The Bertz CT molecular complexity index is 422. The lowest BCUT2D eigenvalue weighted by Crippen LogP contribution is -2.37. The Labute approximate surface area is 154 Å². The normalized spacial score (nSPS) is 16.0. The molecule has 2 heterocycles. The first-order valence-corrected chi connectivity index (χ1v) is 7.87. The molecule has 1 fully saturated rings. The molecule has 0 unspecified atom stereocenters. The van der Waals surface area contributed by atoms with Crippen molar-refractivity contribution in [3.8, 4) is 0 Å². The van der Waals surface area contributed by atoms with Gasteiger partial charge in [0.1, 0.15) is 12.0 Å². The molecule has 23 heavy (non-hydrogen) atoms. The van der Waals surface area contributed by atoms with E-state index in [1.807, 2.05) is 6.07 Å². The predicted octanol–water partition coefficient (Wildman–Crippen LogP) is 1.79. The van der Waals surface area contributed by atoms with Crippen LogP contribution in [0.25, 0.3) is 0 Å². The number of aliphatic imine (C=N–C) groups is 1. The molecule has 0 spiro atoms. The fraction of sp³-hybridized carbons (Fsp3) is 0.733. The summed E-state index contributed by atoms with van der Waals surface area (Å²) in [6, 6.07) is 1.82. The van der Waals surface area contributed by atoms with Crippen molar-refractivity contribution >= 4 is 29.9 Å². The van der Waals surface area contributed by atoms with Crippen molar-refractivity contribution in [2.45, 2.75) is 25.8 Å². The average Bonchev–Trinajstić information content (AvgIpc) is 3.08. The standard InChI is InChI=1S/C15H26N4O3.HI/c1-16-15(18-11-14-5-10-22-19-14)17-6-2-7-21-12-13-3-8-20-9-4-13;/h5,10,13H,2-4,6-9,11-12H2,1H3,(H2,16,17,18);1H. The summed E-state index contributed by atoms with van der Waals surface area (Å²) < 4.78 is 15.8. The second-order valence-corrected chi connectivity index (χ2v) is 5.33. The highest BCUT2D eigenvalue weighted by Gasteiger charge is 2.13. The lowest BCUT2D eigenvalue weighted by Gasteiger charge is -2.21. The Morgan fingerprint density at radius 2 is 2.22 bits per heavy atom. The van der Waals surface area contributed by atoms with Gasteiger partial charge in [-0.05, 0) is 25.2 Å². The van der Waals surface area contributed by atoms with Crippen LogP contribution in [-0.2, 0) is 16.0 Å². The highest BCUT2D eigenvalue weighted by atomic mass is 127. The number of halogens is 1. The maximum absolute atomic E-state index is 5.73. The van der Waals surface area contributed by atoms with E-state index in [1.165, 1.54) is 0 Å². The molecule has 132 valence electrons. The fourth-order valence-electron chi connectivity index (χ4n) is 2.27. The lowest BCUT2D eigenvalue weighted by atomic mass is 10.0. The minimum Gasteiger partial charge on any atom is -0.381 e. The van der Waals surface area contributed by atoms with Crippen molar-refractivity contribution in [3.05, 3.63) is 18.0 Å². The van der Waals surface area contributed by atoms with E-state index >= 15 is 0 Å². The summed E-state index contributed by atoms with van der Waals surface area (Å²) in [6.45, 7) is 4.79. The number of rotatable bonds is 8. The van der Waals surface area contributed by atoms with E-state index in [-0.39, 0.29) is 24.0 Å². The Hall–Kier alpha value is -0.870. The van der Waals surface area contributed by atoms with Crippen LogP contribution in [0.4, 0.5) is 0 Å². The smallest absolute Gasteiger partial charge is 0.191 e. The van der Waals surface area contributed by atoms with Gasteiger partial charge in [0, 0.05) is 46.1 Å². The number of hydrogen-bond donors (Lipinski definition) is 2. The van der Waals surface area contributed by atoms with Crippen molar-refractivity contribution in [1.29, 1.82) is 0 Å². The summed E-state index contributed by atoms with van der Waals surface area (Å²) >= 11 is 0. The molecule has 2 N–H and O–H groups in total. The zero-order valence-corrected chi connectivity index (χ0v) is 16.0. The zero-order valence-electron chi connectivity index (χ0n) is 13.6. The molecule has 7 nitrogen and oxygen atoms in total. The second kappa shape index (κ2) is 12.5. The van der Waals surface area contributed by atoms with Gasteiger partial charge < -0.3 is 24.6 Å². The molecule has 0 atom stereocenters. The minimum atomic E-state index is 0. The van der Waals surface area contributed by atoms with Crippen molar-refractivity contribution in [3.63, 3.8) is 0 Å². The van der Waals surface area contributed by atoms with Gasteiger partial charge in [-0.25, -0.2) is 0 Å². The van der Waals surface area contributed by atoms with Crippen LogP contribution in [0.1, 0.15) is 25.0 Å². The number of aromatic nitrogens is 1. The molecule has 8 heteroatoms. The molecule has 1 aliphatic heterocycles. The monoisotopic (exact) mass is 438 g/mol. The second-order valence-electron chi connectivity index (χ2n) is 5.33. The first-order valence-electron chi connectivity index (χ1n) is 7.87. The lowest BCUT2D eigenvalue weighted by molar-refractivity contribution is 0.0203. The minimum absolute atomic E-state index is 0. The van der Waals surface area contributed by atoms with Gasteiger partial charge in [-0.3, -0.25) is 4.99 Å². The summed E-state index contributed by atoms with van der Waals surface area (Å²) in [5, 5.41) is 10.3. The van der Waals surface area contributed by atoms with Gasteiger partial charge >= 0.3 is 0 Å². The largest absolute Gasteiger partial charge is 0.381 e. The molecule has 0 bridgehead atoms. The molecule has 0 aliphatic carbocycles.